The Morgan fingerprint density at radius 3 is 2.94 bits per heavy atom. The zero-order valence-electron chi connectivity index (χ0n) is 10.5. The maximum atomic E-state index is 5.52. The molecular formula is C12H21N3O2. The Morgan fingerprint density at radius 1 is 1.47 bits per heavy atom. The second-order valence-electron chi connectivity index (χ2n) is 3.79. The Morgan fingerprint density at radius 2 is 2.29 bits per heavy atom. The molecule has 1 heterocycles. The second-order valence-corrected chi connectivity index (χ2v) is 3.79. The summed E-state index contributed by atoms with van der Waals surface area (Å²) >= 11 is 0. The third kappa shape index (κ3) is 4.58. The fourth-order valence-electron chi connectivity index (χ4n) is 1.65. The first-order valence-corrected chi connectivity index (χ1v) is 5.76. The van der Waals surface area contributed by atoms with Crippen molar-refractivity contribution in [2.45, 2.75) is 18.9 Å². The molecule has 5 heteroatoms. The van der Waals surface area contributed by atoms with Crippen LogP contribution in [0.2, 0.25) is 0 Å². The van der Waals surface area contributed by atoms with Gasteiger partial charge >= 0.3 is 0 Å². The quantitative estimate of drug-likeness (QED) is 0.714. The van der Waals surface area contributed by atoms with E-state index < -0.39 is 0 Å². The maximum Gasteiger partial charge on any atom is 0.237 e. The lowest BCUT2D eigenvalue weighted by molar-refractivity contribution is 0.182. The van der Waals surface area contributed by atoms with Gasteiger partial charge in [-0.25, -0.2) is 4.98 Å². The van der Waals surface area contributed by atoms with Crippen LogP contribution in [0.5, 0.6) is 5.88 Å². The van der Waals surface area contributed by atoms with Crippen LogP contribution in [0.15, 0.2) is 18.3 Å². The van der Waals surface area contributed by atoms with Gasteiger partial charge in [0.05, 0.1) is 19.4 Å². The van der Waals surface area contributed by atoms with Crippen molar-refractivity contribution in [2.24, 2.45) is 5.73 Å². The van der Waals surface area contributed by atoms with E-state index in [1.54, 1.807) is 20.4 Å². The van der Waals surface area contributed by atoms with Crippen LogP contribution >= 0.6 is 0 Å². The minimum absolute atomic E-state index is 0.224. The highest BCUT2D eigenvalue weighted by atomic mass is 16.5. The van der Waals surface area contributed by atoms with Crippen LogP contribution in [0.1, 0.15) is 12.8 Å². The molecule has 0 bridgehead atoms. The average Bonchev–Trinajstić information content (AvgIpc) is 2.37. The van der Waals surface area contributed by atoms with E-state index in [-0.39, 0.29) is 6.04 Å². The lowest BCUT2D eigenvalue weighted by Crippen LogP contribution is -2.26. The molecule has 0 amide bonds. The van der Waals surface area contributed by atoms with Gasteiger partial charge in [-0.3, -0.25) is 0 Å². The molecule has 3 N–H and O–H groups in total. The minimum Gasteiger partial charge on any atom is -0.480 e. The van der Waals surface area contributed by atoms with Crippen molar-refractivity contribution in [3.05, 3.63) is 18.3 Å². The number of hydrogen-bond acceptors (Lipinski definition) is 5. The number of nitrogens with one attached hydrogen (secondary N) is 1. The first kappa shape index (κ1) is 13.7. The average molecular weight is 239 g/mol. The molecule has 0 radical (unpaired) electrons. The van der Waals surface area contributed by atoms with E-state index in [9.17, 15) is 0 Å². The summed E-state index contributed by atoms with van der Waals surface area (Å²) in [5.74, 6) is 0.598. The molecule has 17 heavy (non-hydrogen) atoms. The molecule has 0 aliphatic rings. The fraction of sp³-hybridized carbons (Fsp3) is 0.583. The summed E-state index contributed by atoms with van der Waals surface area (Å²) in [6.07, 6.45) is 3.63. The molecule has 1 rings (SSSR count). The molecule has 0 aliphatic heterocycles. The monoisotopic (exact) mass is 239 g/mol. The van der Waals surface area contributed by atoms with Gasteiger partial charge in [0.25, 0.3) is 0 Å². The van der Waals surface area contributed by atoms with E-state index in [1.165, 1.54) is 0 Å². The van der Waals surface area contributed by atoms with Crippen molar-refractivity contribution in [2.75, 3.05) is 32.7 Å². The van der Waals surface area contributed by atoms with Crippen molar-refractivity contribution >= 4 is 5.69 Å². The SMILES string of the molecule is COCC(CCCN)Nc1cccnc1OC. The Labute approximate surface area is 102 Å². The summed E-state index contributed by atoms with van der Waals surface area (Å²) < 4.78 is 10.4. The first-order chi connectivity index (χ1) is 8.31. The zero-order valence-corrected chi connectivity index (χ0v) is 10.5. The van der Waals surface area contributed by atoms with E-state index in [0.717, 1.165) is 18.5 Å². The third-order valence-electron chi connectivity index (χ3n) is 2.45. The van der Waals surface area contributed by atoms with Gasteiger partial charge in [-0.15, -0.1) is 0 Å². The first-order valence-electron chi connectivity index (χ1n) is 5.76. The van der Waals surface area contributed by atoms with E-state index in [1.807, 2.05) is 12.1 Å². The Hall–Kier alpha value is -1.33. The van der Waals surface area contributed by atoms with Gasteiger partial charge in [0, 0.05) is 19.3 Å². The van der Waals surface area contributed by atoms with Gasteiger partial charge in [-0.05, 0) is 31.5 Å². The molecule has 0 aromatic carbocycles. The van der Waals surface area contributed by atoms with E-state index in [2.05, 4.69) is 10.3 Å². The minimum atomic E-state index is 0.224. The van der Waals surface area contributed by atoms with Crippen molar-refractivity contribution in [3.63, 3.8) is 0 Å². The molecule has 0 saturated heterocycles. The predicted octanol–water partition coefficient (Wildman–Crippen LogP) is 1.26. The molecule has 96 valence electrons. The number of pyridine rings is 1. The summed E-state index contributed by atoms with van der Waals surface area (Å²) in [5.41, 5.74) is 6.40. The molecular weight excluding hydrogens is 218 g/mol. The topological polar surface area (TPSA) is 69.4 Å². The van der Waals surface area contributed by atoms with Crippen LogP contribution in [0.4, 0.5) is 5.69 Å². The lowest BCUT2D eigenvalue weighted by Gasteiger charge is -2.19. The van der Waals surface area contributed by atoms with Crippen LogP contribution in [0.25, 0.3) is 0 Å². The second kappa shape index (κ2) is 7.86. The molecule has 0 saturated carbocycles. The molecule has 0 fully saturated rings. The molecule has 0 aliphatic carbocycles. The summed E-state index contributed by atoms with van der Waals surface area (Å²) in [6, 6.07) is 4.04. The normalized spacial score (nSPS) is 12.2. The van der Waals surface area contributed by atoms with Crippen LogP contribution in [-0.4, -0.2) is 38.4 Å². The predicted molar refractivity (Wildman–Crippen MR) is 68.4 cm³/mol. The Bertz CT molecular complexity index is 320. The van der Waals surface area contributed by atoms with Gasteiger partial charge in [0.2, 0.25) is 5.88 Å². The standard InChI is InChI=1S/C12H21N3O2/c1-16-9-10(5-3-7-13)15-11-6-4-8-14-12(11)17-2/h4,6,8,10,15H,3,5,7,9,13H2,1-2H3. The molecule has 5 nitrogen and oxygen atoms in total. The highest BCUT2D eigenvalue weighted by Crippen LogP contribution is 2.21. The number of ether oxygens (including phenoxy) is 2. The number of rotatable bonds is 8. The van der Waals surface area contributed by atoms with Crippen LogP contribution < -0.4 is 15.8 Å². The molecule has 1 aromatic heterocycles. The van der Waals surface area contributed by atoms with E-state index in [4.69, 9.17) is 15.2 Å². The van der Waals surface area contributed by atoms with Gasteiger partial charge in [-0.1, -0.05) is 0 Å². The highest BCUT2D eigenvalue weighted by molar-refractivity contribution is 5.52. The summed E-state index contributed by atoms with van der Waals surface area (Å²) in [7, 11) is 3.30. The van der Waals surface area contributed by atoms with Crippen LogP contribution in [-0.2, 0) is 4.74 Å². The lowest BCUT2D eigenvalue weighted by atomic mass is 10.1. The number of hydrogen-bond donors (Lipinski definition) is 2. The molecule has 1 unspecified atom stereocenters. The molecule has 1 aromatic rings. The summed E-state index contributed by atoms with van der Waals surface area (Å²) in [6.45, 7) is 1.32. The Balaban J connectivity index is 2.63. The summed E-state index contributed by atoms with van der Waals surface area (Å²) in [4.78, 5) is 4.14. The van der Waals surface area contributed by atoms with Gasteiger partial charge in [-0.2, -0.15) is 0 Å². The van der Waals surface area contributed by atoms with Gasteiger partial charge in [0.15, 0.2) is 0 Å². The molecule has 0 spiro atoms. The fourth-order valence-corrected chi connectivity index (χ4v) is 1.65. The number of nitrogens with zero attached hydrogens (tertiary/aromatic N) is 1. The number of methoxy groups -OCH3 is 2. The third-order valence-corrected chi connectivity index (χ3v) is 2.45. The zero-order chi connectivity index (χ0) is 12.5. The number of anilines is 1. The van der Waals surface area contributed by atoms with Crippen molar-refractivity contribution in [3.8, 4) is 5.88 Å². The van der Waals surface area contributed by atoms with Crippen LogP contribution in [0.3, 0.4) is 0 Å². The largest absolute Gasteiger partial charge is 0.480 e. The van der Waals surface area contributed by atoms with Gasteiger partial charge < -0.3 is 20.5 Å². The number of nitrogens with two attached hydrogens (primary N) is 1. The van der Waals surface area contributed by atoms with Gasteiger partial charge in [0.1, 0.15) is 0 Å². The van der Waals surface area contributed by atoms with E-state index >= 15 is 0 Å². The smallest absolute Gasteiger partial charge is 0.237 e. The maximum absolute atomic E-state index is 5.52. The summed E-state index contributed by atoms with van der Waals surface area (Å²) in [5, 5.41) is 3.37. The van der Waals surface area contributed by atoms with E-state index in [0.29, 0.717) is 19.0 Å². The van der Waals surface area contributed by atoms with Crippen molar-refractivity contribution < 1.29 is 9.47 Å². The highest BCUT2D eigenvalue weighted by Gasteiger charge is 2.11. The van der Waals surface area contributed by atoms with Crippen molar-refractivity contribution in [1.29, 1.82) is 0 Å². The number of aromatic nitrogens is 1. The Kier molecular flexibility index (Phi) is 6.35. The van der Waals surface area contributed by atoms with Crippen molar-refractivity contribution in [1.82, 2.24) is 4.98 Å². The molecule has 1 atom stereocenters. The van der Waals surface area contributed by atoms with Crippen LogP contribution in [0, 0.1) is 0 Å².